The van der Waals surface area contributed by atoms with Gasteiger partial charge in [0.2, 0.25) is 0 Å². The predicted octanol–water partition coefficient (Wildman–Crippen LogP) is 2.75. The fraction of sp³-hybridized carbons (Fsp3) is 0.632. The van der Waals surface area contributed by atoms with Crippen LogP contribution in [0.4, 0.5) is 0 Å². The smallest absolute Gasteiger partial charge is 0.191 e. The van der Waals surface area contributed by atoms with Gasteiger partial charge in [0.1, 0.15) is 5.75 Å². The maximum absolute atomic E-state index is 11.7. The highest BCUT2D eigenvalue weighted by Crippen LogP contribution is 2.31. The molecule has 1 aromatic carbocycles. The Kier molecular flexibility index (Phi) is 8.20. The lowest BCUT2D eigenvalue weighted by molar-refractivity contribution is 0.261. The van der Waals surface area contributed by atoms with Crippen LogP contribution in [0.1, 0.15) is 38.3 Å². The van der Waals surface area contributed by atoms with E-state index in [9.17, 15) is 8.42 Å². The van der Waals surface area contributed by atoms with Crippen LogP contribution in [0.15, 0.2) is 29.3 Å². The second-order valence-corrected chi connectivity index (χ2v) is 9.83. The molecule has 2 aliphatic rings. The van der Waals surface area contributed by atoms with E-state index in [1.165, 1.54) is 0 Å². The van der Waals surface area contributed by atoms with Crippen LogP contribution < -0.4 is 15.4 Å². The minimum Gasteiger partial charge on any atom is -0.493 e. The van der Waals surface area contributed by atoms with Gasteiger partial charge in [0, 0.05) is 25.1 Å². The molecule has 0 aromatic heterocycles. The Hall–Kier alpha value is -1.03. The van der Waals surface area contributed by atoms with E-state index in [1.807, 2.05) is 18.2 Å². The molecule has 8 heteroatoms. The number of aliphatic imine (C=N–C) groups is 1. The maximum atomic E-state index is 11.7. The molecule has 3 rings (SSSR count). The highest BCUT2D eigenvalue weighted by Gasteiger charge is 2.28. The highest BCUT2D eigenvalue weighted by atomic mass is 127. The molecule has 2 aliphatic heterocycles. The number of benzene rings is 1. The molecule has 152 valence electrons. The molecule has 0 saturated carbocycles. The van der Waals surface area contributed by atoms with E-state index in [4.69, 9.17) is 9.73 Å². The van der Waals surface area contributed by atoms with E-state index >= 15 is 0 Å². The second-order valence-electron chi connectivity index (χ2n) is 7.60. The number of para-hydroxylation sites is 1. The van der Waals surface area contributed by atoms with E-state index in [2.05, 4.69) is 30.5 Å². The zero-order valence-electron chi connectivity index (χ0n) is 16.0. The standard InChI is InChI=1S/C19H29N3O3S.HI/c1-14(2)11-20-19(21-12-15-8-10-26(23,24)13-15)22-17-7-9-25-18-6-4-3-5-16(17)18;/h3-6,14-15,17H,7-13H2,1-2H3,(H2,20,21,22);1H. The van der Waals surface area contributed by atoms with Crippen molar-refractivity contribution in [2.45, 2.75) is 32.7 Å². The topological polar surface area (TPSA) is 79.8 Å². The first-order valence-corrected chi connectivity index (χ1v) is 11.2. The summed E-state index contributed by atoms with van der Waals surface area (Å²) in [5.74, 6) is 2.87. The summed E-state index contributed by atoms with van der Waals surface area (Å²) in [6, 6.07) is 8.21. The normalized spacial score (nSPS) is 23.9. The van der Waals surface area contributed by atoms with Crippen LogP contribution >= 0.6 is 24.0 Å². The van der Waals surface area contributed by atoms with E-state index < -0.39 is 9.84 Å². The van der Waals surface area contributed by atoms with Crippen molar-refractivity contribution in [2.24, 2.45) is 16.8 Å². The monoisotopic (exact) mass is 507 g/mol. The SMILES string of the molecule is CC(C)CN=C(NCC1CCS(=O)(=O)C1)NC1CCOc2ccccc21.I. The Bertz CT molecular complexity index is 752. The summed E-state index contributed by atoms with van der Waals surface area (Å²) < 4.78 is 29.1. The van der Waals surface area contributed by atoms with E-state index in [1.54, 1.807) is 0 Å². The lowest BCUT2D eigenvalue weighted by Gasteiger charge is -2.28. The third-order valence-electron chi connectivity index (χ3n) is 4.77. The fourth-order valence-corrected chi connectivity index (χ4v) is 5.22. The van der Waals surface area contributed by atoms with Crippen molar-refractivity contribution in [2.75, 3.05) is 31.2 Å². The van der Waals surface area contributed by atoms with Gasteiger partial charge in [0.05, 0.1) is 24.2 Å². The Morgan fingerprint density at radius 3 is 2.78 bits per heavy atom. The van der Waals surface area contributed by atoms with Crippen molar-refractivity contribution in [3.8, 4) is 5.75 Å². The summed E-state index contributed by atoms with van der Waals surface area (Å²) >= 11 is 0. The Morgan fingerprint density at radius 2 is 2.07 bits per heavy atom. The number of sulfone groups is 1. The first-order valence-electron chi connectivity index (χ1n) is 9.40. The summed E-state index contributed by atoms with van der Waals surface area (Å²) in [4.78, 5) is 4.69. The van der Waals surface area contributed by atoms with E-state index in [0.29, 0.717) is 24.8 Å². The number of rotatable bonds is 5. The van der Waals surface area contributed by atoms with Crippen LogP contribution in [-0.4, -0.2) is 45.6 Å². The van der Waals surface area contributed by atoms with Crippen molar-refractivity contribution >= 4 is 39.8 Å². The van der Waals surface area contributed by atoms with Gasteiger partial charge in [0.25, 0.3) is 0 Å². The Morgan fingerprint density at radius 1 is 1.30 bits per heavy atom. The average molecular weight is 507 g/mol. The molecule has 0 radical (unpaired) electrons. The van der Waals surface area contributed by atoms with Gasteiger partial charge < -0.3 is 15.4 Å². The fourth-order valence-electron chi connectivity index (χ4n) is 3.36. The first-order chi connectivity index (χ1) is 12.4. The number of hydrogen-bond donors (Lipinski definition) is 2. The Balaban J connectivity index is 0.00000261. The van der Waals surface area contributed by atoms with Gasteiger partial charge >= 0.3 is 0 Å². The Labute approximate surface area is 179 Å². The number of ether oxygens (including phenoxy) is 1. The molecule has 0 aliphatic carbocycles. The van der Waals surface area contributed by atoms with Gasteiger partial charge in [-0.25, -0.2) is 8.42 Å². The van der Waals surface area contributed by atoms with Crippen LogP contribution in [0.5, 0.6) is 5.75 Å². The molecule has 2 atom stereocenters. The number of guanidine groups is 1. The summed E-state index contributed by atoms with van der Waals surface area (Å²) in [5.41, 5.74) is 1.14. The van der Waals surface area contributed by atoms with Crippen molar-refractivity contribution in [3.63, 3.8) is 0 Å². The molecule has 1 fully saturated rings. The molecule has 0 bridgehead atoms. The van der Waals surface area contributed by atoms with Crippen LogP contribution in [-0.2, 0) is 9.84 Å². The summed E-state index contributed by atoms with van der Waals surface area (Å²) in [7, 11) is -2.85. The third-order valence-corrected chi connectivity index (χ3v) is 6.61. The largest absolute Gasteiger partial charge is 0.493 e. The van der Waals surface area contributed by atoms with Gasteiger partial charge in [-0.1, -0.05) is 32.0 Å². The maximum Gasteiger partial charge on any atom is 0.191 e. The molecular weight excluding hydrogens is 477 g/mol. The van der Waals surface area contributed by atoms with Crippen molar-refractivity contribution < 1.29 is 13.2 Å². The quantitative estimate of drug-likeness (QED) is 0.364. The van der Waals surface area contributed by atoms with Crippen LogP contribution in [0, 0.1) is 11.8 Å². The molecule has 0 amide bonds. The van der Waals surface area contributed by atoms with Crippen LogP contribution in [0.3, 0.4) is 0 Å². The molecule has 27 heavy (non-hydrogen) atoms. The number of hydrogen-bond acceptors (Lipinski definition) is 4. The van der Waals surface area contributed by atoms with Gasteiger partial charge in [-0.2, -0.15) is 0 Å². The van der Waals surface area contributed by atoms with Gasteiger partial charge in [-0.3, -0.25) is 4.99 Å². The molecular formula is C19H30IN3O3S. The van der Waals surface area contributed by atoms with Crippen molar-refractivity contribution in [3.05, 3.63) is 29.8 Å². The highest BCUT2D eigenvalue weighted by molar-refractivity contribution is 14.0. The zero-order chi connectivity index (χ0) is 18.6. The molecule has 2 N–H and O–H groups in total. The van der Waals surface area contributed by atoms with Crippen LogP contribution in [0.25, 0.3) is 0 Å². The van der Waals surface area contributed by atoms with Gasteiger partial charge in [-0.05, 0) is 24.3 Å². The van der Waals surface area contributed by atoms with E-state index in [-0.39, 0.29) is 41.7 Å². The number of nitrogens with zero attached hydrogens (tertiary/aromatic N) is 1. The van der Waals surface area contributed by atoms with Gasteiger partial charge in [0.15, 0.2) is 15.8 Å². The van der Waals surface area contributed by atoms with Crippen LogP contribution in [0.2, 0.25) is 0 Å². The molecule has 1 saturated heterocycles. The number of nitrogens with one attached hydrogen (secondary N) is 2. The second kappa shape index (κ2) is 9.95. The molecule has 1 aromatic rings. The summed E-state index contributed by atoms with van der Waals surface area (Å²) in [5, 5.41) is 6.89. The predicted molar refractivity (Wildman–Crippen MR) is 120 cm³/mol. The van der Waals surface area contributed by atoms with Crippen molar-refractivity contribution in [1.82, 2.24) is 10.6 Å². The first kappa shape index (κ1) is 22.3. The lowest BCUT2D eigenvalue weighted by atomic mass is 10.0. The molecule has 0 spiro atoms. The molecule has 2 unspecified atom stereocenters. The number of halogens is 1. The lowest BCUT2D eigenvalue weighted by Crippen LogP contribution is -2.43. The third kappa shape index (κ3) is 6.51. The molecule has 2 heterocycles. The number of fused-ring (bicyclic) bond motifs is 1. The molecule has 6 nitrogen and oxygen atoms in total. The van der Waals surface area contributed by atoms with E-state index in [0.717, 1.165) is 36.7 Å². The zero-order valence-corrected chi connectivity index (χ0v) is 19.1. The minimum atomic E-state index is -2.85. The van der Waals surface area contributed by atoms with Gasteiger partial charge in [-0.15, -0.1) is 24.0 Å². The average Bonchev–Trinajstić information content (AvgIpc) is 2.96. The van der Waals surface area contributed by atoms with Crippen molar-refractivity contribution in [1.29, 1.82) is 0 Å². The minimum absolute atomic E-state index is 0. The summed E-state index contributed by atoms with van der Waals surface area (Å²) in [6.45, 7) is 6.30. The summed E-state index contributed by atoms with van der Waals surface area (Å²) in [6.07, 6.45) is 1.60.